The van der Waals surface area contributed by atoms with E-state index in [9.17, 15) is 0 Å². The Labute approximate surface area is 363 Å². The van der Waals surface area contributed by atoms with Crippen molar-refractivity contribution in [2.45, 2.75) is 155 Å². The topological polar surface area (TPSA) is 8.17 Å². The van der Waals surface area contributed by atoms with Crippen molar-refractivity contribution in [3.63, 3.8) is 0 Å². The predicted molar refractivity (Wildman–Crippen MR) is 263 cm³/mol. The molecule has 0 N–H and O–H groups in total. The molecule has 0 fully saturated rings. The fourth-order valence-electron chi connectivity index (χ4n) is 11.9. The van der Waals surface area contributed by atoms with Crippen molar-refractivity contribution in [2.75, 3.05) is 4.90 Å². The number of anilines is 3. The predicted octanol–water partition coefficient (Wildman–Crippen LogP) is 13.9. The van der Waals surface area contributed by atoms with Gasteiger partial charge in [-0.2, -0.15) is 0 Å². The summed E-state index contributed by atoms with van der Waals surface area (Å²) in [5.41, 5.74) is 21.7. The molecule has 2 nitrogen and oxygen atoms in total. The number of thiophene rings is 1. The van der Waals surface area contributed by atoms with E-state index in [1.54, 1.807) is 5.56 Å². The highest BCUT2D eigenvalue weighted by Crippen LogP contribution is 2.53. The summed E-state index contributed by atoms with van der Waals surface area (Å²) < 4.78 is 5.50. The number of nitrogens with zero attached hydrogens (tertiary/aromatic N) is 2. The summed E-state index contributed by atoms with van der Waals surface area (Å²) >= 11 is 1.98. The molecule has 4 aliphatic rings. The average Bonchev–Trinajstić information content (AvgIpc) is 3.71. The standard InChI is InChI=1S/C56H63BN2S/c1-51(2,3)32-25-36-48-42(26-32)57-41-30-39-40(56(13,14)24-23-55(39,11)12)31-43(41)58(34-19-20-37-38(29-34)54(9,10)22-21-53(37,7)8)44-27-33(52(4,5)6)28-45(47(44)57)59(48)49-35-17-15-16-18-46(35)60-50(36)49/h15-20,25-31H,21-24H2,1-14H3. The second-order valence-corrected chi connectivity index (χ2v) is 25.0. The first-order chi connectivity index (χ1) is 28.0. The summed E-state index contributed by atoms with van der Waals surface area (Å²) in [6, 6.07) is 32.5. The number of fused-ring (bicyclic) bond motifs is 11. The first-order valence-corrected chi connectivity index (χ1v) is 23.6. The minimum absolute atomic E-state index is 0.00982. The fourth-order valence-corrected chi connectivity index (χ4v) is 13.1. The van der Waals surface area contributed by atoms with Crippen LogP contribution in [0.4, 0.5) is 17.1 Å². The fraction of sp³-hybridized carbons (Fsp3) is 0.429. The molecule has 4 heterocycles. The molecule has 0 unspecified atom stereocenters. The Kier molecular flexibility index (Phi) is 7.59. The summed E-state index contributed by atoms with van der Waals surface area (Å²) in [5.74, 6) is 0. The van der Waals surface area contributed by atoms with E-state index in [0.29, 0.717) is 0 Å². The lowest BCUT2D eigenvalue weighted by atomic mass is 9.33. The van der Waals surface area contributed by atoms with Gasteiger partial charge in [0.15, 0.2) is 0 Å². The van der Waals surface area contributed by atoms with Crippen LogP contribution in [0.2, 0.25) is 0 Å². The summed E-state index contributed by atoms with van der Waals surface area (Å²) in [6.45, 7) is 34.3. The molecule has 0 spiro atoms. The van der Waals surface area contributed by atoms with Gasteiger partial charge < -0.3 is 9.47 Å². The molecule has 11 rings (SSSR count). The third-order valence-corrected chi connectivity index (χ3v) is 17.2. The molecule has 0 saturated carbocycles. The molecule has 4 heteroatoms. The Morgan fingerprint density at radius 3 is 1.73 bits per heavy atom. The van der Waals surface area contributed by atoms with Crippen molar-refractivity contribution in [3.8, 4) is 5.69 Å². The molecule has 0 atom stereocenters. The van der Waals surface area contributed by atoms with Gasteiger partial charge in [0.05, 0.1) is 15.7 Å². The highest BCUT2D eigenvalue weighted by Gasteiger charge is 2.47. The maximum Gasteiger partial charge on any atom is 0.252 e. The lowest BCUT2D eigenvalue weighted by Crippen LogP contribution is -2.61. The molecule has 2 aromatic heterocycles. The summed E-state index contributed by atoms with van der Waals surface area (Å²) in [5, 5.41) is 2.76. The van der Waals surface area contributed by atoms with E-state index < -0.39 is 0 Å². The Morgan fingerprint density at radius 1 is 0.517 bits per heavy atom. The Hall–Kier alpha value is -4.28. The lowest BCUT2D eigenvalue weighted by molar-refractivity contribution is 0.332. The summed E-state index contributed by atoms with van der Waals surface area (Å²) in [4.78, 5) is 2.73. The van der Waals surface area contributed by atoms with Gasteiger partial charge in [0.25, 0.3) is 6.71 Å². The second-order valence-electron chi connectivity index (χ2n) is 24.0. The van der Waals surface area contributed by atoms with E-state index in [-0.39, 0.29) is 39.2 Å². The molecule has 60 heavy (non-hydrogen) atoms. The van der Waals surface area contributed by atoms with Crippen molar-refractivity contribution in [3.05, 3.63) is 112 Å². The minimum Gasteiger partial charge on any atom is -0.311 e. The van der Waals surface area contributed by atoms with Crippen LogP contribution in [-0.4, -0.2) is 11.3 Å². The van der Waals surface area contributed by atoms with E-state index in [4.69, 9.17) is 0 Å². The highest BCUT2D eigenvalue weighted by molar-refractivity contribution is 7.26. The Morgan fingerprint density at radius 2 is 1.08 bits per heavy atom. The number of benzene rings is 5. The molecular weight excluding hydrogens is 744 g/mol. The van der Waals surface area contributed by atoms with Crippen molar-refractivity contribution in [1.29, 1.82) is 0 Å². The van der Waals surface area contributed by atoms with Crippen LogP contribution < -0.4 is 21.3 Å². The van der Waals surface area contributed by atoms with Gasteiger partial charge in [-0.05, 0) is 150 Å². The van der Waals surface area contributed by atoms with Gasteiger partial charge in [0.1, 0.15) is 0 Å². The molecule has 0 radical (unpaired) electrons. The first-order valence-electron chi connectivity index (χ1n) is 22.8. The van der Waals surface area contributed by atoms with E-state index >= 15 is 0 Å². The molecule has 2 aliphatic heterocycles. The number of aromatic nitrogens is 1. The Balaban J connectivity index is 1.34. The minimum atomic E-state index is -0.0603. The third-order valence-electron chi connectivity index (χ3n) is 16.0. The monoisotopic (exact) mass is 806 g/mol. The number of hydrogen-bond acceptors (Lipinski definition) is 2. The van der Waals surface area contributed by atoms with E-state index in [0.717, 1.165) is 0 Å². The van der Waals surface area contributed by atoms with Crippen LogP contribution in [0.1, 0.15) is 156 Å². The van der Waals surface area contributed by atoms with E-state index in [2.05, 4.69) is 185 Å². The molecule has 0 amide bonds. The van der Waals surface area contributed by atoms with Crippen molar-refractivity contribution in [2.24, 2.45) is 0 Å². The highest BCUT2D eigenvalue weighted by atomic mass is 32.1. The summed E-state index contributed by atoms with van der Waals surface area (Å²) in [7, 11) is 0. The van der Waals surface area contributed by atoms with Gasteiger partial charge in [-0.3, -0.25) is 0 Å². The zero-order valence-electron chi connectivity index (χ0n) is 38.7. The van der Waals surface area contributed by atoms with Gasteiger partial charge >= 0.3 is 0 Å². The molecular formula is C56H63BN2S. The molecule has 306 valence electrons. The number of hydrogen-bond donors (Lipinski definition) is 0. The lowest BCUT2D eigenvalue weighted by Gasteiger charge is -2.47. The molecule has 7 aromatic rings. The Bertz CT molecular complexity index is 3020. The normalized spacial score (nSPS) is 19.4. The van der Waals surface area contributed by atoms with Crippen LogP contribution in [0.25, 0.3) is 36.9 Å². The van der Waals surface area contributed by atoms with Gasteiger partial charge in [-0.1, -0.05) is 133 Å². The van der Waals surface area contributed by atoms with E-state index in [1.165, 1.54) is 124 Å². The van der Waals surface area contributed by atoms with Crippen molar-refractivity contribution < 1.29 is 0 Å². The molecule has 0 saturated heterocycles. The largest absolute Gasteiger partial charge is 0.311 e. The zero-order chi connectivity index (χ0) is 42.4. The molecule has 0 bridgehead atoms. The quantitative estimate of drug-likeness (QED) is 0.150. The average molecular weight is 807 g/mol. The van der Waals surface area contributed by atoms with Crippen LogP contribution in [0.5, 0.6) is 0 Å². The van der Waals surface area contributed by atoms with Crippen molar-refractivity contribution >= 4 is 82.7 Å². The van der Waals surface area contributed by atoms with Crippen molar-refractivity contribution in [1.82, 2.24) is 4.57 Å². The first kappa shape index (κ1) is 38.6. The zero-order valence-corrected chi connectivity index (χ0v) is 39.5. The van der Waals surface area contributed by atoms with E-state index in [1.807, 2.05) is 11.3 Å². The molecule has 5 aromatic carbocycles. The van der Waals surface area contributed by atoms with Crippen LogP contribution >= 0.6 is 11.3 Å². The second kappa shape index (κ2) is 11.8. The third kappa shape index (κ3) is 5.18. The summed E-state index contributed by atoms with van der Waals surface area (Å²) in [6.07, 6.45) is 4.80. The van der Waals surface area contributed by atoms with Gasteiger partial charge in [0, 0.05) is 38.2 Å². The van der Waals surface area contributed by atoms with Crippen LogP contribution in [-0.2, 0) is 32.5 Å². The van der Waals surface area contributed by atoms with Gasteiger partial charge in [0.2, 0.25) is 0 Å². The number of rotatable bonds is 1. The van der Waals surface area contributed by atoms with Crippen LogP contribution in [0, 0.1) is 0 Å². The maximum atomic E-state index is 2.73. The van der Waals surface area contributed by atoms with Gasteiger partial charge in [-0.25, -0.2) is 0 Å². The van der Waals surface area contributed by atoms with Gasteiger partial charge in [-0.15, -0.1) is 11.3 Å². The molecule has 2 aliphatic carbocycles. The smallest absolute Gasteiger partial charge is 0.252 e. The van der Waals surface area contributed by atoms with Crippen LogP contribution in [0.3, 0.4) is 0 Å². The SMILES string of the molecule is CC(C)(C)c1cc2c3c(c1)-n1c4c(cc(C(C)(C)C)cc4c4sc5ccccc5c41)B3c1cc3c(cc1N2c1ccc2c(c1)C(C)(C)CCC2(C)C)C(C)(C)CCC3(C)C. The van der Waals surface area contributed by atoms with Crippen LogP contribution in [0.15, 0.2) is 78.9 Å². The maximum absolute atomic E-state index is 2.73.